The minimum absolute atomic E-state index is 0.772. The van der Waals surface area contributed by atoms with Gasteiger partial charge in [-0.15, -0.1) is 0 Å². The molecule has 84 valence electrons. The van der Waals surface area contributed by atoms with Crippen LogP contribution in [0.5, 0.6) is 0 Å². The fraction of sp³-hybridized carbons (Fsp3) is 0.500. The molecular weight excluding hydrogens is 196 g/mol. The molecule has 0 saturated heterocycles. The zero-order valence-corrected chi connectivity index (χ0v) is 9.74. The highest BCUT2D eigenvalue weighted by Gasteiger charge is 2.27. The molecule has 2 nitrogen and oxygen atoms in total. The van der Waals surface area contributed by atoms with Gasteiger partial charge in [-0.1, -0.05) is 25.1 Å². The number of rotatable bonds is 5. The standard InChI is InChI=1S/C14H18N2/c1-11(12-6-7-12)9-16-10-14-5-3-2-4-13(14)8-15/h2-5,11-12,16H,6-7,9-10H2,1H3. The fourth-order valence-electron chi connectivity index (χ4n) is 2.05. The van der Waals surface area contributed by atoms with Gasteiger partial charge in [-0.25, -0.2) is 0 Å². The van der Waals surface area contributed by atoms with Gasteiger partial charge in [-0.3, -0.25) is 0 Å². The Balaban J connectivity index is 1.82. The van der Waals surface area contributed by atoms with Crippen LogP contribution in [0.4, 0.5) is 0 Å². The summed E-state index contributed by atoms with van der Waals surface area (Å²) in [6.45, 7) is 4.17. The monoisotopic (exact) mass is 214 g/mol. The lowest BCUT2D eigenvalue weighted by Gasteiger charge is -2.11. The SMILES string of the molecule is CC(CNCc1ccccc1C#N)C1CC1. The van der Waals surface area contributed by atoms with E-state index in [2.05, 4.69) is 18.3 Å². The van der Waals surface area contributed by atoms with Crippen LogP contribution in [0.25, 0.3) is 0 Å². The molecule has 1 aromatic rings. The van der Waals surface area contributed by atoms with E-state index in [0.717, 1.165) is 36.1 Å². The quantitative estimate of drug-likeness (QED) is 0.818. The van der Waals surface area contributed by atoms with Crippen molar-refractivity contribution in [2.75, 3.05) is 6.54 Å². The van der Waals surface area contributed by atoms with Crippen molar-refractivity contribution in [2.24, 2.45) is 11.8 Å². The first-order chi connectivity index (χ1) is 7.81. The third-order valence-electron chi connectivity index (χ3n) is 3.35. The minimum atomic E-state index is 0.772. The van der Waals surface area contributed by atoms with Crippen LogP contribution in [0.1, 0.15) is 30.9 Å². The Hall–Kier alpha value is -1.33. The van der Waals surface area contributed by atoms with Crippen molar-refractivity contribution in [3.05, 3.63) is 35.4 Å². The third kappa shape index (κ3) is 2.84. The molecule has 1 aliphatic carbocycles. The number of nitrogens with one attached hydrogen (secondary N) is 1. The second kappa shape index (κ2) is 5.14. The van der Waals surface area contributed by atoms with Crippen LogP contribution < -0.4 is 5.32 Å². The average Bonchev–Trinajstić information content (AvgIpc) is 3.13. The van der Waals surface area contributed by atoms with Gasteiger partial charge in [0, 0.05) is 6.54 Å². The van der Waals surface area contributed by atoms with E-state index in [1.54, 1.807) is 0 Å². The zero-order valence-electron chi connectivity index (χ0n) is 9.74. The van der Waals surface area contributed by atoms with Gasteiger partial charge in [0.25, 0.3) is 0 Å². The Morgan fingerprint density at radius 1 is 1.44 bits per heavy atom. The molecule has 2 heteroatoms. The Morgan fingerprint density at radius 2 is 2.19 bits per heavy atom. The molecule has 1 unspecified atom stereocenters. The summed E-state index contributed by atoms with van der Waals surface area (Å²) in [6, 6.07) is 10.0. The van der Waals surface area contributed by atoms with E-state index < -0.39 is 0 Å². The molecule has 0 spiro atoms. The fourth-order valence-corrected chi connectivity index (χ4v) is 2.05. The van der Waals surface area contributed by atoms with Crippen molar-refractivity contribution < 1.29 is 0 Å². The second-order valence-electron chi connectivity index (χ2n) is 4.71. The summed E-state index contributed by atoms with van der Waals surface area (Å²) in [5.41, 5.74) is 1.89. The molecule has 1 atom stereocenters. The van der Waals surface area contributed by atoms with E-state index in [9.17, 15) is 0 Å². The number of hydrogen-bond acceptors (Lipinski definition) is 2. The molecule has 16 heavy (non-hydrogen) atoms. The molecule has 0 amide bonds. The smallest absolute Gasteiger partial charge is 0.0995 e. The Kier molecular flexibility index (Phi) is 3.58. The van der Waals surface area contributed by atoms with Crippen LogP contribution in [0.2, 0.25) is 0 Å². The van der Waals surface area contributed by atoms with Crippen LogP contribution in [0.3, 0.4) is 0 Å². The molecule has 0 radical (unpaired) electrons. The molecule has 1 saturated carbocycles. The highest BCUT2D eigenvalue weighted by atomic mass is 14.9. The highest BCUT2D eigenvalue weighted by Crippen LogP contribution is 2.36. The van der Waals surface area contributed by atoms with Gasteiger partial charge >= 0.3 is 0 Å². The van der Waals surface area contributed by atoms with Crippen molar-refractivity contribution in [1.82, 2.24) is 5.32 Å². The molecule has 1 aliphatic rings. The summed E-state index contributed by atoms with van der Waals surface area (Å²) in [5.74, 6) is 1.72. The van der Waals surface area contributed by atoms with Crippen molar-refractivity contribution in [2.45, 2.75) is 26.3 Å². The van der Waals surface area contributed by atoms with Crippen LogP contribution in [-0.4, -0.2) is 6.54 Å². The van der Waals surface area contributed by atoms with E-state index in [0.29, 0.717) is 0 Å². The van der Waals surface area contributed by atoms with Crippen LogP contribution in [0.15, 0.2) is 24.3 Å². The number of nitriles is 1. The number of hydrogen-bond donors (Lipinski definition) is 1. The summed E-state index contributed by atoms with van der Waals surface area (Å²) in [4.78, 5) is 0. The molecule has 2 rings (SSSR count). The van der Waals surface area contributed by atoms with Gasteiger partial charge in [-0.2, -0.15) is 5.26 Å². The van der Waals surface area contributed by atoms with Crippen LogP contribution in [-0.2, 0) is 6.54 Å². The maximum Gasteiger partial charge on any atom is 0.0995 e. The largest absolute Gasteiger partial charge is 0.312 e. The van der Waals surface area contributed by atoms with Crippen molar-refractivity contribution in [3.63, 3.8) is 0 Å². The number of nitrogens with zero attached hydrogens (tertiary/aromatic N) is 1. The summed E-state index contributed by atoms with van der Waals surface area (Å²) in [6.07, 6.45) is 2.80. The molecule has 0 aromatic heterocycles. The predicted octanol–water partition coefficient (Wildman–Crippen LogP) is 2.69. The average molecular weight is 214 g/mol. The van der Waals surface area contributed by atoms with Crippen molar-refractivity contribution in [1.29, 1.82) is 5.26 Å². The lowest BCUT2D eigenvalue weighted by molar-refractivity contribution is 0.461. The first kappa shape index (κ1) is 11.2. The van der Waals surface area contributed by atoms with Gasteiger partial charge in [0.1, 0.15) is 0 Å². The summed E-state index contributed by atoms with van der Waals surface area (Å²) < 4.78 is 0. The Labute approximate surface area is 97.3 Å². The first-order valence-corrected chi connectivity index (χ1v) is 6.00. The molecule has 0 heterocycles. The lowest BCUT2D eigenvalue weighted by Crippen LogP contribution is -2.22. The number of benzene rings is 1. The zero-order chi connectivity index (χ0) is 11.4. The molecular formula is C14H18N2. The highest BCUT2D eigenvalue weighted by molar-refractivity contribution is 5.37. The first-order valence-electron chi connectivity index (χ1n) is 6.00. The van der Waals surface area contributed by atoms with E-state index in [1.807, 2.05) is 24.3 Å². The normalized spacial score (nSPS) is 16.8. The molecule has 1 fully saturated rings. The minimum Gasteiger partial charge on any atom is -0.312 e. The van der Waals surface area contributed by atoms with Gasteiger partial charge in [0.05, 0.1) is 11.6 Å². The van der Waals surface area contributed by atoms with Crippen LogP contribution >= 0.6 is 0 Å². The van der Waals surface area contributed by atoms with E-state index in [-0.39, 0.29) is 0 Å². The lowest BCUT2D eigenvalue weighted by atomic mass is 10.1. The maximum atomic E-state index is 8.95. The molecule has 1 aromatic carbocycles. The van der Waals surface area contributed by atoms with Crippen molar-refractivity contribution >= 4 is 0 Å². The third-order valence-corrected chi connectivity index (χ3v) is 3.35. The van der Waals surface area contributed by atoms with Crippen molar-refractivity contribution in [3.8, 4) is 6.07 Å². The van der Waals surface area contributed by atoms with Gasteiger partial charge in [0.15, 0.2) is 0 Å². The Bertz CT molecular complexity index is 388. The van der Waals surface area contributed by atoms with E-state index >= 15 is 0 Å². The van der Waals surface area contributed by atoms with Gasteiger partial charge in [-0.05, 0) is 42.9 Å². The summed E-state index contributed by atoms with van der Waals surface area (Å²) in [5, 5.41) is 12.4. The second-order valence-corrected chi connectivity index (χ2v) is 4.71. The molecule has 0 bridgehead atoms. The maximum absolute atomic E-state index is 8.95. The molecule has 1 N–H and O–H groups in total. The van der Waals surface area contributed by atoms with Crippen LogP contribution in [0, 0.1) is 23.2 Å². The predicted molar refractivity (Wildman–Crippen MR) is 64.8 cm³/mol. The summed E-state index contributed by atoms with van der Waals surface area (Å²) >= 11 is 0. The van der Waals surface area contributed by atoms with E-state index in [4.69, 9.17) is 5.26 Å². The van der Waals surface area contributed by atoms with Gasteiger partial charge in [0.2, 0.25) is 0 Å². The van der Waals surface area contributed by atoms with E-state index in [1.165, 1.54) is 12.8 Å². The Morgan fingerprint density at radius 3 is 2.88 bits per heavy atom. The molecule has 0 aliphatic heterocycles. The van der Waals surface area contributed by atoms with Gasteiger partial charge < -0.3 is 5.32 Å². The summed E-state index contributed by atoms with van der Waals surface area (Å²) in [7, 11) is 0. The topological polar surface area (TPSA) is 35.8 Å².